The van der Waals surface area contributed by atoms with Crippen molar-refractivity contribution in [1.29, 1.82) is 0 Å². The number of fused-ring (bicyclic) bond motifs is 1. The smallest absolute Gasteiger partial charge is 0.227 e. The molecule has 0 N–H and O–H groups in total. The quantitative estimate of drug-likeness (QED) is 0.741. The van der Waals surface area contributed by atoms with E-state index in [9.17, 15) is 4.79 Å². The summed E-state index contributed by atoms with van der Waals surface area (Å²) in [6, 6.07) is 8.04. The van der Waals surface area contributed by atoms with E-state index in [2.05, 4.69) is 12.1 Å². The first-order valence-corrected chi connectivity index (χ1v) is 6.40. The molecule has 88 valence electrons. The van der Waals surface area contributed by atoms with Crippen LogP contribution in [-0.2, 0) is 4.79 Å². The normalized spacial score (nSPS) is 23.6. The number of rotatable bonds is 1. The van der Waals surface area contributed by atoms with Gasteiger partial charge in [0.15, 0.2) is 0 Å². The molecule has 0 aromatic heterocycles. The molecule has 2 heterocycles. The summed E-state index contributed by atoms with van der Waals surface area (Å²) in [6.07, 6.45) is 5.75. The Labute approximate surface area is 106 Å². The predicted octanol–water partition coefficient (Wildman–Crippen LogP) is 3.68. The number of allylic oxidation sites excluding steroid dienone is 2. The molecule has 1 aromatic rings. The van der Waals surface area contributed by atoms with Crippen molar-refractivity contribution < 1.29 is 4.79 Å². The fourth-order valence-electron chi connectivity index (χ4n) is 2.78. The van der Waals surface area contributed by atoms with Crippen LogP contribution in [0.15, 0.2) is 36.0 Å². The van der Waals surface area contributed by atoms with E-state index in [-0.39, 0.29) is 11.9 Å². The van der Waals surface area contributed by atoms with Crippen LogP contribution in [0.5, 0.6) is 0 Å². The summed E-state index contributed by atoms with van der Waals surface area (Å²) in [5.41, 5.74) is 2.35. The molecule has 2 aliphatic rings. The third-order valence-electron chi connectivity index (χ3n) is 3.54. The average Bonchev–Trinajstić information content (AvgIpc) is 2.74. The van der Waals surface area contributed by atoms with Gasteiger partial charge in [-0.25, -0.2) is 0 Å². The van der Waals surface area contributed by atoms with Gasteiger partial charge >= 0.3 is 0 Å². The van der Waals surface area contributed by atoms with Crippen LogP contribution in [0.1, 0.15) is 37.3 Å². The molecule has 2 aliphatic heterocycles. The van der Waals surface area contributed by atoms with Crippen molar-refractivity contribution in [1.82, 2.24) is 4.90 Å². The summed E-state index contributed by atoms with van der Waals surface area (Å²) in [4.78, 5) is 14.0. The lowest BCUT2D eigenvalue weighted by molar-refractivity contribution is -0.131. The van der Waals surface area contributed by atoms with Crippen LogP contribution in [0.25, 0.3) is 0 Å². The molecule has 1 fully saturated rings. The second kappa shape index (κ2) is 4.19. The zero-order chi connectivity index (χ0) is 11.8. The lowest BCUT2D eigenvalue weighted by Gasteiger charge is -2.29. The number of hydrogen-bond acceptors (Lipinski definition) is 1. The second-order valence-corrected chi connectivity index (χ2v) is 5.04. The number of nitrogens with zero attached hydrogens (tertiary/aromatic N) is 1. The Balaban J connectivity index is 1.97. The van der Waals surface area contributed by atoms with Gasteiger partial charge in [-0.15, -0.1) is 0 Å². The summed E-state index contributed by atoms with van der Waals surface area (Å²) in [5.74, 6) is 0.255. The summed E-state index contributed by atoms with van der Waals surface area (Å²) >= 11 is 6.02. The molecule has 1 atom stereocenters. The number of hydrogen-bond donors (Lipinski definition) is 0. The van der Waals surface area contributed by atoms with Gasteiger partial charge in [-0.05, 0) is 37.0 Å². The number of amides is 1. The lowest BCUT2D eigenvalue weighted by atomic mass is 10.0. The van der Waals surface area contributed by atoms with Crippen molar-refractivity contribution in [3.05, 3.63) is 46.6 Å². The molecule has 1 unspecified atom stereocenters. The van der Waals surface area contributed by atoms with Crippen molar-refractivity contribution >= 4 is 17.5 Å². The van der Waals surface area contributed by atoms with Crippen LogP contribution < -0.4 is 0 Å². The number of carbonyl (C=O) groups is 1. The third-order valence-corrected chi connectivity index (χ3v) is 3.77. The molecule has 3 heteroatoms. The van der Waals surface area contributed by atoms with E-state index in [0.717, 1.165) is 29.8 Å². The van der Waals surface area contributed by atoms with E-state index < -0.39 is 0 Å². The Bertz CT molecular complexity index is 495. The SMILES string of the molecule is O=C1CCC=C2CCC(c3cccc(Cl)c3)N12. The molecule has 0 saturated carbocycles. The van der Waals surface area contributed by atoms with Crippen LogP contribution in [0.2, 0.25) is 5.02 Å². The molecule has 0 bridgehead atoms. The first-order chi connectivity index (χ1) is 8.25. The van der Waals surface area contributed by atoms with Gasteiger partial charge in [0.1, 0.15) is 0 Å². The highest BCUT2D eigenvalue weighted by molar-refractivity contribution is 6.30. The van der Waals surface area contributed by atoms with Crippen LogP contribution in [0, 0.1) is 0 Å². The fraction of sp³-hybridized carbons (Fsp3) is 0.357. The molecule has 1 amide bonds. The van der Waals surface area contributed by atoms with Crippen molar-refractivity contribution in [3.63, 3.8) is 0 Å². The molecule has 1 saturated heterocycles. The van der Waals surface area contributed by atoms with Gasteiger partial charge in [0.25, 0.3) is 0 Å². The van der Waals surface area contributed by atoms with Crippen LogP contribution in [-0.4, -0.2) is 10.8 Å². The van der Waals surface area contributed by atoms with Crippen molar-refractivity contribution in [2.75, 3.05) is 0 Å². The number of carbonyl (C=O) groups excluding carboxylic acids is 1. The summed E-state index contributed by atoms with van der Waals surface area (Å²) in [6.45, 7) is 0. The maximum atomic E-state index is 12.0. The largest absolute Gasteiger partial charge is 0.309 e. The highest BCUT2D eigenvalue weighted by Gasteiger charge is 2.35. The van der Waals surface area contributed by atoms with Gasteiger partial charge in [-0.2, -0.15) is 0 Å². The van der Waals surface area contributed by atoms with Crippen molar-refractivity contribution in [2.24, 2.45) is 0 Å². The Morgan fingerprint density at radius 2 is 2.18 bits per heavy atom. The predicted molar refractivity (Wildman–Crippen MR) is 67.6 cm³/mol. The van der Waals surface area contributed by atoms with Crippen LogP contribution in [0.3, 0.4) is 0 Å². The molecule has 2 nitrogen and oxygen atoms in total. The monoisotopic (exact) mass is 247 g/mol. The van der Waals surface area contributed by atoms with Gasteiger partial charge in [-0.1, -0.05) is 29.8 Å². The van der Waals surface area contributed by atoms with E-state index in [1.54, 1.807) is 0 Å². The number of benzene rings is 1. The first kappa shape index (κ1) is 10.8. The number of halogens is 1. The minimum Gasteiger partial charge on any atom is -0.309 e. The Kier molecular flexibility index (Phi) is 2.67. The maximum Gasteiger partial charge on any atom is 0.227 e. The summed E-state index contributed by atoms with van der Waals surface area (Å²) in [5, 5.41) is 0.740. The fourth-order valence-corrected chi connectivity index (χ4v) is 2.98. The Morgan fingerprint density at radius 3 is 3.00 bits per heavy atom. The van der Waals surface area contributed by atoms with Gasteiger partial charge in [-0.3, -0.25) is 4.79 Å². The molecule has 0 spiro atoms. The highest BCUT2D eigenvalue weighted by Crippen LogP contribution is 2.41. The average molecular weight is 248 g/mol. The van der Waals surface area contributed by atoms with Crippen molar-refractivity contribution in [3.8, 4) is 0 Å². The van der Waals surface area contributed by atoms with Gasteiger partial charge in [0.2, 0.25) is 5.91 Å². The lowest BCUT2D eigenvalue weighted by Crippen LogP contribution is -2.31. The van der Waals surface area contributed by atoms with E-state index in [4.69, 9.17) is 11.6 Å². The van der Waals surface area contributed by atoms with E-state index in [0.29, 0.717) is 6.42 Å². The van der Waals surface area contributed by atoms with E-state index in [1.807, 2.05) is 23.1 Å². The first-order valence-electron chi connectivity index (χ1n) is 6.02. The van der Waals surface area contributed by atoms with Gasteiger partial charge in [0, 0.05) is 17.1 Å². The molecular weight excluding hydrogens is 234 g/mol. The van der Waals surface area contributed by atoms with E-state index >= 15 is 0 Å². The van der Waals surface area contributed by atoms with E-state index in [1.165, 1.54) is 5.70 Å². The summed E-state index contributed by atoms with van der Waals surface area (Å²) < 4.78 is 0. The van der Waals surface area contributed by atoms with Crippen molar-refractivity contribution in [2.45, 2.75) is 31.7 Å². The Morgan fingerprint density at radius 1 is 1.29 bits per heavy atom. The van der Waals surface area contributed by atoms with Crippen LogP contribution >= 0.6 is 11.6 Å². The zero-order valence-electron chi connectivity index (χ0n) is 9.53. The minimum absolute atomic E-state index is 0.188. The molecule has 1 aromatic carbocycles. The molecule has 17 heavy (non-hydrogen) atoms. The standard InChI is InChI=1S/C14H14ClNO/c15-11-4-1-3-10(9-11)13-8-7-12-5-2-6-14(17)16(12)13/h1,3-5,9,13H,2,6-8H2. The van der Waals surface area contributed by atoms with Gasteiger partial charge < -0.3 is 4.90 Å². The Hall–Kier alpha value is -1.28. The topological polar surface area (TPSA) is 20.3 Å². The second-order valence-electron chi connectivity index (χ2n) is 4.61. The zero-order valence-corrected chi connectivity index (χ0v) is 10.3. The molecule has 0 radical (unpaired) electrons. The molecule has 0 aliphatic carbocycles. The van der Waals surface area contributed by atoms with Crippen LogP contribution in [0.4, 0.5) is 0 Å². The molecule has 3 rings (SSSR count). The highest BCUT2D eigenvalue weighted by atomic mass is 35.5. The minimum atomic E-state index is 0.188. The van der Waals surface area contributed by atoms with Gasteiger partial charge in [0.05, 0.1) is 6.04 Å². The molecular formula is C14H14ClNO. The maximum absolute atomic E-state index is 12.0. The third kappa shape index (κ3) is 1.87. The summed E-state index contributed by atoms with van der Waals surface area (Å²) in [7, 11) is 0.